The molecule has 1 atom stereocenters. The normalized spacial score (nSPS) is 12.2. The molecular formula is C11H17N5O2. The van der Waals surface area contributed by atoms with Crippen molar-refractivity contribution in [1.29, 1.82) is 5.26 Å². The molecular weight excluding hydrogens is 234 g/mol. The third kappa shape index (κ3) is 3.84. The van der Waals surface area contributed by atoms with E-state index in [4.69, 9.17) is 15.6 Å². The van der Waals surface area contributed by atoms with Gasteiger partial charge in [-0.3, -0.25) is 15.1 Å². The van der Waals surface area contributed by atoms with Crippen LogP contribution in [0.15, 0.2) is 10.6 Å². The van der Waals surface area contributed by atoms with E-state index >= 15 is 0 Å². The lowest BCUT2D eigenvalue weighted by atomic mass is 10.2. The number of hydrogen-bond acceptors (Lipinski definition) is 6. The van der Waals surface area contributed by atoms with Crippen molar-refractivity contribution in [3.8, 4) is 6.07 Å². The number of hydrogen-bond donors (Lipinski definition) is 2. The zero-order chi connectivity index (χ0) is 13.5. The van der Waals surface area contributed by atoms with Crippen LogP contribution in [0.5, 0.6) is 0 Å². The highest BCUT2D eigenvalue weighted by Crippen LogP contribution is 2.09. The highest BCUT2D eigenvalue weighted by molar-refractivity contribution is 5.91. The number of nitriles is 1. The summed E-state index contributed by atoms with van der Waals surface area (Å²) in [5.41, 5.74) is 2.14. The van der Waals surface area contributed by atoms with Gasteiger partial charge in [0, 0.05) is 12.6 Å². The van der Waals surface area contributed by atoms with Crippen LogP contribution in [-0.2, 0) is 6.54 Å². The van der Waals surface area contributed by atoms with Gasteiger partial charge in [-0.1, -0.05) is 12.1 Å². The summed E-state index contributed by atoms with van der Waals surface area (Å²) >= 11 is 0. The van der Waals surface area contributed by atoms with Crippen molar-refractivity contribution < 1.29 is 9.32 Å². The van der Waals surface area contributed by atoms with Crippen molar-refractivity contribution in [3.63, 3.8) is 0 Å². The quantitative estimate of drug-likeness (QED) is 0.426. The van der Waals surface area contributed by atoms with Gasteiger partial charge in [0.25, 0.3) is 5.91 Å². The van der Waals surface area contributed by atoms with Crippen LogP contribution in [0.4, 0.5) is 0 Å². The third-order valence-electron chi connectivity index (χ3n) is 2.50. The van der Waals surface area contributed by atoms with Crippen LogP contribution >= 0.6 is 0 Å². The van der Waals surface area contributed by atoms with Gasteiger partial charge in [0.1, 0.15) is 0 Å². The monoisotopic (exact) mass is 251 g/mol. The molecule has 0 aliphatic heterocycles. The molecule has 18 heavy (non-hydrogen) atoms. The molecule has 1 heterocycles. The van der Waals surface area contributed by atoms with Gasteiger partial charge in [0.05, 0.1) is 18.5 Å². The first-order valence-electron chi connectivity index (χ1n) is 5.69. The minimum absolute atomic E-state index is 0.0558. The number of aromatic nitrogens is 1. The van der Waals surface area contributed by atoms with Crippen LogP contribution in [0.3, 0.4) is 0 Å². The summed E-state index contributed by atoms with van der Waals surface area (Å²) in [7, 11) is 0. The Bertz CT molecular complexity index is 437. The van der Waals surface area contributed by atoms with E-state index in [-0.39, 0.29) is 11.6 Å². The summed E-state index contributed by atoms with van der Waals surface area (Å²) in [5.74, 6) is 5.02. The highest BCUT2D eigenvalue weighted by atomic mass is 16.5. The summed E-state index contributed by atoms with van der Waals surface area (Å²) in [6, 6.07) is 3.72. The maximum atomic E-state index is 11.2. The Labute approximate surface area is 105 Å². The average molecular weight is 251 g/mol. The van der Waals surface area contributed by atoms with E-state index in [0.717, 1.165) is 6.54 Å². The first-order valence-corrected chi connectivity index (χ1v) is 5.69. The van der Waals surface area contributed by atoms with Crippen LogP contribution < -0.4 is 11.3 Å². The highest BCUT2D eigenvalue weighted by Gasteiger charge is 2.14. The molecule has 0 saturated carbocycles. The molecule has 3 N–H and O–H groups in total. The lowest BCUT2D eigenvalue weighted by Gasteiger charge is -2.19. The van der Waals surface area contributed by atoms with E-state index in [1.165, 1.54) is 0 Å². The van der Waals surface area contributed by atoms with Crippen LogP contribution in [0.25, 0.3) is 0 Å². The average Bonchev–Trinajstić information content (AvgIpc) is 2.85. The molecule has 0 aliphatic carbocycles. The minimum Gasteiger partial charge on any atom is -0.359 e. The fourth-order valence-corrected chi connectivity index (χ4v) is 1.52. The molecule has 1 unspecified atom stereocenters. The smallest absolute Gasteiger partial charge is 0.287 e. The summed E-state index contributed by atoms with van der Waals surface area (Å²) in [6.07, 6.45) is 0. The van der Waals surface area contributed by atoms with Gasteiger partial charge in [-0.05, 0) is 13.5 Å². The molecule has 1 aromatic heterocycles. The molecule has 0 saturated heterocycles. The van der Waals surface area contributed by atoms with Crippen LogP contribution in [0.2, 0.25) is 0 Å². The predicted molar refractivity (Wildman–Crippen MR) is 63.9 cm³/mol. The molecule has 7 nitrogen and oxygen atoms in total. The van der Waals surface area contributed by atoms with E-state index < -0.39 is 5.91 Å². The zero-order valence-electron chi connectivity index (χ0n) is 10.5. The van der Waals surface area contributed by atoms with Crippen molar-refractivity contribution in [2.45, 2.75) is 20.4 Å². The number of nitrogens with two attached hydrogens (primary N) is 1. The summed E-state index contributed by atoms with van der Waals surface area (Å²) in [5, 5.41) is 12.4. The Morgan fingerprint density at radius 3 is 3.06 bits per heavy atom. The molecule has 0 bridgehead atoms. The topological polar surface area (TPSA) is 108 Å². The second-order valence-corrected chi connectivity index (χ2v) is 4.01. The molecule has 0 radical (unpaired) electrons. The number of nitrogens with one attached hydrogen (secondary N) is 1. The molecule has 1 amide bonds. The van der Waals surface area contributed by atoms with Crippen LogP contribution in [0.1, 0.15) is 30.1 Å². The summed E-state index contributed by atoms with van der Waals surface area (Å²) in [6.45, 7) is 5.79. The SMILES string of the molecule is CCN(Cc1cc(C(=O)NN)no1)CC(C)C#N. The van der Waals surface area contributed by atoms with Gasteiger partial charge in [-0.15, -0.1) is 0 Å². The van der Waals surface area contributed by atoms with E-state index in [9.17, 15) is 4.79 Å². The number of hydrazine groups is 1. The number of amides is 1. The van der Waals surface area contributed by atoms with Gasteiger partial charge < -0.3 is 4.52 Å². The summed E-state index contributed by atoms with van der Waals surface area (Å²) in [4.78, 5) is 13.2. The number of carbonyl (C=O) groups excluding carboxylic acids is 1. The fraction of sp³-hybridized carbons (Fsp3) is 0.545. The van der Waals surface area contributed by atoms with Crippen LogP contribution in [-0.4, -0.2) is 29.1 Å². The lowest BCUT2D eigenvalue weighted by molar-refractivity contribution is 0.0944. The van der Waals surface area contributed by atoms with Crippen molar-refractivity contribution in [1.82, 2.24) is 15.5 Å². The van der Waals surface area contributed by atoms with E-state index in [2.05, 4.69) is 11.2 Å². The molecule has 1 aromatic rings. The van der Waals surface area contributed by atoms with Gasteiger partial charge in [-0.25, -0.2) is 5.84 Å². The number of nitrogen functional groups attached to an aromatic ring is 1. The molecule has 7 heteroatoms. The Kier molecular flexibility index (Phi) is 5.30. The molecule has 0 spiro atoms. The van der Waals surface area contributed by atoms with E-state index in [1.54, 1.807) is 6.07 Å². The first-order chi connectivity index (χ1) is 8.60. The Morgan fingerprint density at radius 2 is 2.50 bits per heavy atom. The van der Waals surface area contributed by atoms with Crippen molar-refractivity contribution in [2.24, 2.45) is 11.8 Å². The number of rotatable bonds is 6. The molecule has 98 valence electrons. The minimum atomic E-state index is -0.488. The molecule has 0 fully saturated rings. The van der Waals surface area contributed by atoms with Gasteiger partial charge in [0.15, 0.2) is 11.5 Å². The Balaban J connectivity index is 2.62. The second-order valence-electron chi connectivity index (χ2n) is 4.01. The maximum absolute atomic E-state index is 11.2. The number of nitrogens with zero attached hydrogens (tertiary/aromatic N) is 3. The standard InChI is InChI=1S/C11H17N5O2/c1-3-16(6-8(2)5-12)7-9-4-10(15-18-9)11(17)14-13/h4,8H,3,6-7,13H2,1-2H3,(H,14,17). The third-order valence-corrected chi connectivity index (χ3v) is 2.50. The first kappa shape index (κ1) is 14.2. The van der Waals surface area contributed by atoms with Crippen molar-refractivity contribution in [2.75, 3.05) is 13.1 Å². The summed E-state index contributed by atoms with van der Waals surface area (Å²) < 4.78 is 5.04. The van der Waals surface area contributed by atoms with Crippen molar-refractivity contribution in [3.05, 3.63) is 17.5 Å². The van der Waals surface area contributed by atoms with Gasteiger partial charge in [-0.2, -0.15) is 5.26 Å². The molecule has 0 aromatic carbocycles. The molecule has 1 rings (SSSR count). The van der Waals surface area contributed by atoms with Crippen LogP contribution in [0, 0.1) is 17.2 Å². The van der Waals surface area contributed by atoms with E-state index in [0.29, 0.717) is 18.8 Å². The molecule has 0 aliphatic rings. The van der Waals surface area contributed by atoms with Crippen molar-refractivity contribution >= 4 is 5.91 Å². The zero-order valence-corrected chi connectivity index (χ0v) is 10.5. The fourth-order valence-electron chi connectivity index (χ4n) is 1.52. The van der Waals surface area contributed by atoms with Gasteiger partial charge >= 0.3 is 0 Å². The van der Waals surface area contributed by atoms with Gasteiger partial charge in [0.2, 0.25) is 0 Å². The Morgan fingerprint density at radius 1 is 1.78 bits per heavy atom. The van der Waals surface area contributed by atoms with E-state index in [1.807, 2.05) is 24.2 Å². The maximum Gasteiger partial charge on any atom is 0.287 e. The second kappa shape index (κ2) is 6.74. The number of carbonyl (C=O) groups is 1. The lowest BCUT2D eigenvalue weighted by Crippen LogP contribution is -2.30. The largest absolute Gasteiger partial charge is 0.359 e. The Hall–Kier alpha value is -1.91. The predicted octanol–water partition coefficient (Wildman–Crippen LogP) is 0.260.